The van der Waals surface area contributed by atoms with Crippen molar-refractivity contribution in [3.63, 3.8) is 0 Å². The maximum Gasteiger partial charge on any atom is 0.206 e. The zero-order valence-corrected chi connectivity index (χ0v) is 28.6. The first-order valence-electron chi connectivity index (χ1n) is 15.9. The summed E-state index contributed by atoms with van der Waals surface area (Å²) in [7, 11) is 1.22. The fraction of sp³-hybridized carbons (Fsp3) is 0.364. The Morgan fingerprint density at radius 1 is 0.980 bits per heavy atom. The van der Waals surface area contributed by atoms with Crippen molar-refractivity contribution in [2.45, 2.75) is 43.3 Å². The van der Waals surface area contributed by atoms with Gasteiger partial charge in [0.1, 0.15) is 33.6 Å². The number of nitrogens with one attached hydrogen (secondary N) is 3. The fourth-order valence-electron chi connectivity index (χ4n) is 6.35. The summed E-state index contributed by atoms with van der Waals surface area (Å²) in [5.74, 6) is -5.11. The smallest absolute Gasteiger partial charge is 0.206 e. The number of carbonyl (C=O) groups is 3. The highest BCUT2D eigenvalue weighted by Crippen LogP contribution is 2.44. The van der Waals surface area contributed by atoms with Gasteiger partial charge in [-0.05, 0) is 63.0 Å². The van der Waals surface area contributed by atoms with Gasteiger partial charge < -0.3 is 36.9 Å². The van der Waals surface area contributed by atoms with Crippen LogP contribution in [0.15, 0.2) is 36.4 Å². The number of likely N-dealkylation sites (tertiary alicyclic amines) is 1. The lowest BCUT2D eigenvalue weighted by Gasteiger charge is -2.42. The highest BCUT2D eigenvalue weighted by Gasteiger charge is 2.52. The van der Waals surface area contributed by atoms with Crippen LogP contribution in [0.25, 0.3) is 0 Å². The van der Waals surface area contributed by atoms with Crippen LogP contribution < -0.4 is 32.2 Å². The van der Waals surface area contributed by atoms with Gasteiger partial charge in [0, 0.05) is 30.7 Å². The Morgan fingerprint density at radius 2 is 1.64 bits per heavy atom. The monoisotopic (exact) mass is 728 g/mol. The van der Waals surface area contributed by atoms with E-state index in [-0.39, 0.29) is 57.9 Å². The summed E-state index contributed by atoms with van der Waals surface area (Å²) in [6.45, 7) is 1.90. The maximum absolute atomic E-state index is 15.4. The first-order chi connectivity index (χ1) is 24.0. The molecule has 2 aliphatic rings. The predicted octanol–water partition coefficient (Wildman–Crippen LogP) is 4.44. The van der Waals surface area contributed by atoms with Gasteiger partial charge in [-0.25, -0.2) is 23.1 Å². The number of hydrogen-bond donors (Lipinski definition) is 5. The van der Waals surface area contributed by atoms with E-state index in [0.29, 0.717) is 29.4 Å². The molecule has 4 aromatic rings. The van der Waals surface area contributed by atoms with E-state index < -0.39 is 40.1 Å². The first kappa shape index (κ1) is 35.3. The predicted molar refractivity (Wildman–Crippen MR) is 186 cm³/mol. The van der Waals surface area contributed by atoms with Gasteiger partial charge in [0.05, 0.1) is 12.0 Å². The zero-order valence-electron chi connectivity index (χ0n) is 26.9. The largest absolute Gasteiger partial charge is 0.496 e. The van der Waals surface area contributed by atoms with Crippen LogP contribution in [0.3, 0.4) is 0 Å². The van der Waals surface area contributed by atoms with Crippen LogP contribution in [0, 0.1) is 17.5 Å². The number of hydrogen-bond acceptors (Lipinski definition) is 14. The number of nitrogen functional groups attached to an aromatic ring is 2. The van der Waals surface area contributed by atoms with E-state index in [0.717, 1.165) is 66.8 Å². The van der Waals surface area contributed by atoms with Crippen LogP contribution in [0.2, 0.25) is 0 Å². The van der Waals surface area contributed by atoms with Gasteiger partial charge in [0.15, 0.2) is 33.7 Å². The van der Waals surface area contributed by atoms with Crippen molar-refractivity contribution in [3.8, 4) is 5.75 Å². The Balaban J connectivity index is 1.28. The van der Waals surface area contributed by atoms with Crippen LogP contribution >= 0.6 is 22.7 Å². The second-order valence-corrected chi connectivity index (χ2v) is 14.0. The third-order valence-electron chi connectivity index (χ3n) is 8.95. The van der Waals surface area contributed by atoms with Crippen molar-refractivity contribution in [1.29, 1.82) is 0 Å². The first-order valence-corrected chi connectivity index (χ1v) is 17.5. The number of aromatic nitrogens is 2. The van der Waals surface area contributed by atoms with E-state index in [9.17, 15) is 23.2 Å². The molecular weight excluding hydrogens is 694 g/mol. The molecule has 2 aromatic carbocycles. The van der Waals surface area contributed by atoms with Crippen molar-refractivity contribution in [3.05, 3.63) is 74.7 Å². The molecule has 50 heavy (non-hydrogen) atoms. The van der Waals surface area contributed by atoms with E-state index in [1.165, 1.54) is 25.3 Å². The van der Waals surface area contributed by atoms with E-state index in [4.69, 9.17) is 16.2 Å². The zero-order chi connectivity index (χ0) is 35.6. The highest BCUT2D eigenvalue weighted by molar-refractivity contribution is 7.18. The average molecular weight is 729 g/mol. The number of Topliss-reactive ketones (excluding diaryl/α,β-unsaturated/α-hetero) is 1. The molecule has 0 spiro atoms. The third kappa shape index (κ3) is 6.77. The van der Waals surface area contributed by atoms with Gasteiger partial charge in [0.2, 0.25) is 11.6 Å². The van der Waals surface area contributed by atoms with Crippen molar-refractivity contribution < 1.29 is 32.3 Å². The number of halogens is 3. The Labute approximate surface area is 293 Å². The Kier molecular flexibility index (Phi) is 10.4. The molecule has 2 aromatic heterocycles. The van der Waals surface area contributed by atoms with Gasteiger partial charge >= 0.3 is 0 Å². The van der Waals surface area contributed by atoms with Gasteiger partial charge in [-0.2, -0.15) is 0 Å². The summed E-state index contributed by atoms with van der Waals surface area (Å²) in [5, 5.41) is 10.7. The number of ether oxygens (including phenoxy) is 1. The molecule has 7 N–H and O–H groups in total. The van der Waals surface area contributed by atoms with Crippen LogP contribution in [0.4, 0.5) is 35.1 Å². The lowest BCUT2D eigenvalue weighted by Crippen LogP contribution is -2.57. The number of nitrogens with zero attached hydrogens (tertiary/aromatic N) is 3. The number of anilines is 4. The summed E-state index contributed by atoms with van der Waals surface area (Å²) in [6, 6.07) is 7.10. The minimum absolute atomic E-state index is 0.00425. The molecule has 264 valence electrons. The molecule has 0 aliphatic carbocycles. The molecule has 2 fully saturated rings. The van der Waals surface area contributed by atoms with Crippen molar-refractivity contribution in [2.24, 2.45) is 0 Å². The lowest BCUT2D eigenvalue weighted by atomic mass is 9.84. The van der Waals surface area contributed by atoms with Crippen molar-refractivity contribution in [2.75, 3.05) is 55.4 Å². The summed E-state index contributed by atoms with van der Waals surface area (Å²) < 4.78 is 49.0. The van der Waals surface area contributed by atoms with E-state index in [2.05, 4.69) is 25.9 Å². The number of nitrogens with two attached hydrogens (primary N) is 2. The molecule has 2 saturated heterocycles. The maximum atomic E-state index is 15.4. The molecular formula is C33H35F3N8O4S2. The van der Waals surface area contributed by atoms with Crippen LogP contribution in [-0.2, 0) is 10.3 Å². The van der Waals surface area contributed by atoms with E-state index in [1.54, 1.807) is 4.90 Å². The van der Waals surface area contributed by atoms with E-state index in [1.807, 2.05) is 0 Å². The summed E-state index contributed by atoms with van der Waals surface area (Å²) in [4.78, 5) is 51.5. The number of piperidine rings is 2. The third-order valence-corrected chi connectivity index (χ3v) is 11.1. The van der Waals surface area contributed by atoms with Crippen LogP contribution in [0.5, 0.6) is 5.75 Å². The lowest BCUT2D eigenvalue weighted by molar-refractivity contribution is -0.117. The average Bonchev–Trinajstić information content (AvgIpc) is 3.67. The summed E-state index contributed by atoms with van der Waals surface area (Å²) >= 11 is 2.05. The summed E-state index contributed by atoms with van der Waals surface area (Å²) in [6.07, 6.45) is 2.80. The minimum Gasteiger partial charge on any atom is -0.496 e. The number of ketones is 2. The molecule has 2 aliphatic heterocycles. The Morgan fingerprint density at radius 3 is 2.30 bits per heavy atom. The number of methoxy groups -OCH3 is 1. The number of carbonyl (C=O) groups excluding carboxylic acids is 3. The van der Waals surface area contributed by atoms with E-state index >= 15 is 4.39 Å². The quantitative estimate of drug-likeness (QED) is 0.0789. The SMILES string of the molecule is COc1ccc(F)c(F)c1C(=O)C(C=O)(c1sc(NC2CCNCC2)nc1N)N1CCC(Nc2nc(N)c(C(=O)c3cccc(F)c3)s2)CC1. The molecule has 1 unspecified atom stereocenters. The second kappa shape index (κ2) is 14.7. The fourth-order valence-corrected chi connectivity index (χ4v) is 8.42. The molecule has 0 bridgehead atoms. The molecule has 0 amide bonds. The topological polar surface area (TPSA) is 178 Å². The number of benzene rings is 2. The second-order valence-electron chi connectivity index (χ2n) is 12.0. The number of rotatable bonds is 12. The van der Waals surface area contributed by atoms with Crippen molar-refractivity contribution >= 4 is 62.4 Å². The van der Waals surface area contributed by atoms with Crippen molar-refractivity contribution in [1.82, 2.24) is 20.2 Å². The highest BCUT2D eigenvalue weighted by atomic mass is 32.1. The Bertz CT molecular complexity index is 1910. The van der Waals surface area contributed by atoms with Gasteiger partial charge in [0.25, 0.3) is 0 Å². The minimum atomic E-state index is -2.17. The standard InChI is InChI=1S/C33H35F3N8O4S2/c1-48-22-6-5-21(35)24(36)23(22)27(47)33(16-45,28-30(38)43-32(50-28)40-19-7-11-39-12-8-19)44-13-9-20(10-14-44)41-31-42-29(37)26(49-31)25(46)17-3-2-4-18(34)15-17/h2-6,15-16,19-20,39H,7-14,37-38H2,1H3,(H,40,43)(H,41,42). The molecule has 17 heteroatoms. The number of aldehydes is 1. The molecule has 6 rings (SSSR count). The van der Waals surface area contributed by atoms with Gasteiger partial charge in [-0.15, -0.1) is 0 Å². The molecule has 1 atom stereocenters. The van der Waals surface area contributed by atoms with Gasteiger partial charge in [-0.1, -0.05) is 34.8 Å². The normalized spacial score (nSPS) is 17.2. The van der Waals surface area contributed by atoms with Crippen LogP contribution in [0.1, 0.15) is 56.2 Å². The molecule has 12 nitrogen and oxygen atoms in total. The molecule has 4 heterocycles. The number of thiazole rings is 2. The molecule has 0 radical (unpaired) electrons. The van der Waals surface area contributed by atoms with Gasteiger partial charge in [-0.3, -0.25) is 14.5 Å². The molecule has 0 saturated carbocycles. The van der Waals surface area contributed by atoms with Crippen LogP contribution in [-0.4, -0.2) is 78.1 Å². The Hall–Kier alpha value is -4.58. The summed E-state index contributed by atoms with van der Waals surface area (Å²) in [5.41, 5.74) is 9.74.